The summed E-state index contributed by atoms with van der Waals surface area (Å²) in [6.07, 6.45) is 0. The van der Waals surface area contributed by atoms with E-state index >= 15 is 0 Å². The van der Waals surface area contributed by atoms with Crippen LogP contribution in [-0.2, 0) is 11.4 Å². The Labute approximate surface area is 146 Å². The second-order valence-electron chi connectivity index (χ2n) is 5.17. The second-order valence-corrected chi connectivity index (χ2v) is 6.51. The molecule has 0 unspecified atom stereocenters. The number of fused-ring (bicyclic) bond motifs is 1. The van der Waals surface area contributed by atoms with Crippen LogP contribution in [0.1, 0.15) is 0 Å². The van der Waals surface area contributed by atoms with E-state index in [0.717, 1.165) is 28.5 Å². The van der Waals surface area contributed by atoms with Gasteiger partial charge >= 0.3 is 0 Å². The Bertz CT molecular complexity index is 770. The third-order valence-corrected chi connectivity index (χ3v) is 4.24. The number of morpholine rings is 1. The molecule has 9 heteroatoms. The van der Waals surface area contributed by atoms with Crippen LogP contribution in [0.15, 0.2) is 32.9 Å². The van der Waals surface area contributed by atoms with Crippen molar-refractivity contribution in [3.63, 3.8) is 0 Å². The molecule has 7 nitrogen and oxygen atoms in total. The van der Waals surface area contributed by atoms with Crippen molar-refractivity contribution in [2.24, 2.45) is 16.0 Å². The Hall–Kier alpha value is -1.55. The van der Waals surface area contributed by atoms with Gasteiger partial charge in [-0.2, -0.15) is 0 Å². The molecule has 1 aliphatic heterocycles. The molecule has 0 bridgehead atoms. The average Bonchev–Trinajstić information content (AvgIpc) is 2.78. The zero-order valence-corrected chi connectivity index (χ0v) is 14.7. The molecule has 3 rings (SSSR count). The molecule has 2 aromatic rings. The van der Waals surface area contributed by atoms with Crippen LogP contribution < -0.4 is 5.73 Å². The Morgan fingerprint density at radius 3 is 2.83 bits per heavy atom. The topological polar surface area (TPSA) is 88.4 Å². The van der Waals surface area contributed by atoms with Crippen molar-refractivity contribution < 1.29 is 9.84 Å². The van der Waals surface area contributed by atoms with Crippen molar-refractivity contribution in [1.82, 2.24) is 9.47 Å². The predicted molar refractivity (Wildman–Crippen MR) is 95.0 cm³/mol. The van der Waals surface area contributed by atoms with Gasteiger partial charge in [0.05, 0.1) is 25.4 Å². The quantitative estimate of drug-likeness (QED) is 0.613. The Balaban J connectivity index is 2.05. The SMILES string of the molecule is NC(=S)N=Nc1c(O)n(CN2CCOCC2)c2ccc(Br)cc12. The number of benzene rings is 1. The van der Waals surface area contributed by atoms with Gasteiger partial charge in [-0.3, -0.25) is 9.47 Å². The molecule has 0 amide bonds. The maximum Gasteiger partial charge on any atom is 0.221 e. The van der Waals surface area contributed by atoms with Crippen molar-refractivity contribution in [3.05, 3.63) is 22.7 Å². The van der Waals surface area contributed by atoms with Gasteiger partial charge in [-0.25, -0.2) is 0 Å². The number of rotatable bonds is 3. The molecule has 2 heterocycles. The Morgan fingerprint density at radius 1 is 1.39 bits per heavy atom. The maximum absolute atomic E-state index is 10.6. The molecule has 23 heavy (non-hydrogen) atoms. The lowest BCUT2D eigenvalue weighted by Crippen LogP contribution is -2.37. The van der Waals surface area contributed by atoms with Gasteiger partial charge in [-0.1, -0.05) is 15.9 Å². The second kappa shape index (κ2) is 6.91. The van der Waals surface area contributed by atoms with E-state index in [1.807, 2.05) is 18.2 Å². The fourth-order valence-corrected chi connectivity index (χ4v) is 2.98. The highest BCUT2D eigenvalue weighted by molar-refractivity contribution is 9.10. The first-order chi connectivity index (χ1) is 11.1. The van der Waals surface area contributed by atoms with Gasteiger partial charge in [0.15, 0.2) is 5.69 Å². The fraction of sp³-hybridized carbons (Fsp3) is 0.357. The molecule has 0 atom stereocenters. The summed E-state index contributed by atoms with van der Waals surface area (Å²) in [7, 11) is 0. The van der Waals surface area contributed by atoms with Crippen LogP contribution in [-0.4, -0.2) is 46.0 Å². The average molecular weight is 398 g/mol. The van der Waals surface area contributed by atoms with Crippen LogP contribution in [0.25, 0.3) is 10.9 Å². The minimum atomic E-state index is -0.0755. The summed E-state index contributed by atoms with van der Waals surface area (Å²) >= 11 is 8.16. The van der Waals surface area contributed by atoms with Crippen molar-refractivity contribution in [2.75, 3.05) is 26.3 Å². The van der Waals surface area contributed by atoms with Crippen LogP contribution in [0, 0.1) is 0 Å². The number of ether oxygens (including phenoxy) is 1. The number of aromatic hydroxyl groups is 1. The number of thiocarbonyl (C=S) groups is 1. The lowest BCUT2D eigenvalue weighted by atomic mass is 10.2. The highest BCUT2D eigenvalue weighted by atomic mass is 79.9. The summed E-state index contributed by atoms with van der Waals surface area (Å²) in [6.45, 7) is 3.58. The van der Waals surface area contributed by atoms with Gasteiger partial charge in [0.1, 0.15) is 0 Å². The molecule has 0 radical (unpaired) electrons. The molecule has 1 saturated heterocycles. The first-order valence-corrected chi connectivity index (χ1v) is 8.28. The summed E-state index contributed by atoms with van der Waals surface area (Å²) in [6, 6.07) is 5.74. The van der Waals surface area contributed by atoms with Crippen molar-refractivity contribution in [3.8, 4) is 5.88 Å². The fourth-order valence-electron chi connectivity index (χ4n) is 2.58. The van der Waals surface area contributed by atoms with E-state index in [9.17, 15) is 5.11 Å². The van der Waals surface area contributed by atoms with E-state index in [1.165, 1.54) is 0 Å². The third kappa shape index (κ3) is 3.52. The number of nitrogens with zero attached hydrogens (tertiary/aromatic N) is 4. The zero-order chi connectivity index (χ0) is 16.4. The van der Waals surface area contributed by atoms with Gasteiger partial charge < -0.3 is 15.6 Å². The number of azo groups is 1. The minimum absolute atomic E-state index is 0.0459. The van der Waals surface area contributed by atoms with Crippen molar-refractivity contribution in [2.45, 2.75) is 6.67 Å². The van der Waals surface area contributed by atoms with Crippen LogP contribution in [0.4, 0.5) is 5.69 Å². The molecule has 3 N–H and O–H groups in total. The van der Waals surface area contributed by atoms with E-state index in [4.69, 9.17) is 22.7 Å². The van der Waals surface area contributed by atoms with Crippen LogP contribution in [0.3, 0.4) is 0 Å². The molecule has 0 spiro atoms. The lowest BCUT2D eigenvalue weighted by molar-refractivity contribution is 0.0231. The zero-order valence-electron chi connectivity index (χ0n) is 12.3. The molecule has 0 aliphatic carbocycles. The summed E-state index contributed by atoms with van der Waals surface area (Å²) < 4.78 is 8.06. The Kier molecular flexibility index (Phi) is 4.90. The number of nitrogens with two attached hydrogens (primary N) is 1. The van der Waals surface area contributed by atoms with Crippen molar-refractivity contribution in [1.29, 1.82) is 0 Å². The van der Waals surface area contributed by atoms with Crippen molar-refractivity contribution >= 4 is 49.9 Å². The molecule has 1 fully saturated rings. The number of aromatic nitrogens is 1. The molecular weight excluding hydrogens is 382 g/mol. The van der Waals surface area contributed by atoms with Crippen LogP contribution in [0.2, 0.25) is 0 Å². The Morgan fingerprint density at radius 2 is 2.13 bits per heavy atom. The van der Waals surface area contributed by atoms with Crippen LogP contribution >= 0.6 is 28.1 Å². The number of hydrogen-bond donors (Lipinski definition) is 2. The van der Waals surface area contributed by atoms with E-state index in [1.54, 1.807) is 4.57 Å². The molecule has 1 aromatic carbocycles. The van der Waals surface area contributed by atoms with E-state index < -0.39 is 0 Å². The highest BCUT2D eigenvalue weighted by Gasteiger charge is 2.20. The summed E-state index contributed by atoms with van der Waals surface area (Å²) in [5.74, 6) is 0.0459. The van der Waals surface area contributed by atoms with Gasteiger partial charge in [0.2, 0.25) is 11.0 Å². The minimum Gasteiger partial charge on any atom is -0.493 e. The lowest BCUT2D eigenvalue weighted by Gasteiger charge is -2.27. The van der Waals surface area contributed by atoms with E-state index in [2.05, 4.69) is 31.1 Å². The molecule has 0 saturated carbocycles. The summed E-state index contributed by atoms with van der Waals surface area (Å²) in [5, 5.41) is 19.0. The number of hydrogen-bond acceptors (Lipinski definition) is 5. The highest BCUT2D eigenvalue weighted by Crippen LogP contribution is 2.40. The largest absolute Gasteiger partial charge is 0.493 e. The third-order valence-electron chi connectivity index (χ3n) is 3.67. The van der Waals surface area contributed by atoms with Gasteiger partial charge in [0.25, 0.3) is 0 Å². The van der Waals surface area contributed by atoms with Gasteiger partial charge in [0, 0.05) is 22.9 Å². The normalized spacial score (nSPS) is 16.4. The standard InChI is InChI=1S/C14H16BrN5O2S/c15-9-1-2-11-10(7-9)12(17-18-14(16)23)13(21)20(11)8-19-3-5-22-6-4-19/h1-2,7,21H,3-6,8H2,(H2,16,23). The first kappa shape index (κ1) is 16.3. The number of halogens is 1. The maximum atomic E-state index is 10.6. The first-order valence-electron chi connectivity index (χ1n) is 7.08. The molecular formula is C14H16BrN5O2S. The monoisotopic (exact) mass is 397 g/mol. The summed E-state index contributed by atoms with van der Waals surface area (Å²) in [4.78, 5) is 2.21. The van der Waals surface area contributed by atoms with Gasteiger partial charge in [-0.05, 0) is 30.4 Å². The molecule has 1 aromatic heterocycles. The van der Waals surface area contributed by atoms with Gasteiger partial charge in [-0.15, -0.1) is 10.2 Å². The molecule has 122 valence electrons. The predicted octanol–water partition coefficient (Wildman–Crippen LogP) is 2.73. The molecule has 1 aliphatic rings. The van der Waals surface area contributed by atoms with E-state index in [-0.39, 0.29) is 11.0 Å². The smallest absolute Gasteiger partial charge is 0.221 e. The summed E-state index contributed by atoms with van der Waals surface area (Å²) in [5.41, 5.74) is 6.60. The van der Waals surface area contributed by atoms with E-state index in [0.29, 0.717) is 25.6 Å². The van der Waals surface area contributed by atoms with Crippen LogP contribution in [0.5, 0.6) is 5.88 Å².